The monoisotopic (exact) mass is 429 g/mol. The van der Waals surface area contributed by atoms with E-state index in [1.807, 2.05) is 0 Å². The summed E-state index contributed by atoms with van der Waals surface area (Å²) >= 11 is 0. The fourth-order valence-electron chi connectivity index (χ4n) is 8.08. The van der Waals surface area contributed by atoms with E-state index in [9.17, 15) is 14.4 Å². The van der Waals surface area contributed by atoms with E-state index in [-0.39, 0.29) is 35.3 Å². The molecule has 1 aliphatic heterocycles. The van der Waals surface area contributed by atoms with Gasteiger partial charge in [-0.2, -0.15) is 0 Å². The van der Waals surface area contributed by atoms with Gasteiger partial charge in [0.2, 0.25) is 5.91 Å². The second kappa shape index (κ2) is 7.21. The predicted octanol–water partition coefficient (Wildman–Crippen LogP) is 3.99. The molecule has 0 aromatic carbocycles. The Labute approximate surface area is 186 Å². The summed E-state index contributed by atoms with van der Waals surface area (Å²) in [6, 6.07) is -0.390. The zero-order valence-electron chi connectivity index (χ0n) is 19.5. The van der Waals surface area contributed by atoms with Gasteiger partial charge in [0.15, 0.2) is 0 Å². The van der Waals surface area contributed by atoms with Gasteiger partial charge in [-0.1, -0.05) is 27.2 Å². The Bertz CT molecular complexity index is 746. The second-order valence-electron chi connectivity index (χ2n) is 12.3. The maximum Gasteiger partial charge on any atom is 0.325 e. The molecule has 1 spiro atoms. The molecule has 5 aliphatic carbocycles. The highest BCUT2D eigenvalue weighted by molar-refractivity contribution is 6.09. The summed E-state index contributed by atoms with van der Waals surface area (Å²) in [5.74, 6) is 2.45. The fraction of sp³-hybridized carbons (Fsp3) is 0.880. The van der Waals surface area contributed by atoms with Crippen molar-refractivity contribution in [1.82, 2.24) is 15.5 Å². The molecule has 0 aromatic rings. The normalized spacial score (nSPS) is 41.7. The van der Waals surface area contributed by atoms with Gasteiger partial charge in [-0.25, -0.2) is 4.79 Å². The van der Waals surface area contributed by atoms with Crippen LogP contribution in [0.15, 0.2) is 0 Å². The van der Waals surface area contributed by atoms with Crippen molar-refractivity contribution < 1.29 is 14.4 Å². The SMILES string of the molecule is CCC(C)(C)C1CCC2(CC1)NC(=O)N(CC(=O)NC13CC4CC(CC(C4)C1)C3)C2=O. The number of nitrogens with one attached hydrogen (secondary N) is 2. The number of rotatable bonds is 5. The summed E-state index contributed by atoms with van der Waals surface area (Å²) in [5, 5.41) is 6.29. The van der Waals surface area contributed by atoms with Crippen molar-refractivity contribution >= 4 is 17.8 Å². The third-order valence-electron chi connectivity index (χ3n) is 9.85. The average molecular weight is 430 g/mol. The van der Waals surface area contributed by atoms with Crippen LogP contribution in [0.2, 0.25) is 0 Å². The number of carbonyl (C=O) groups excluding carboxylic acids is 3. The van der Waals surface area contributed by atoms with Crippen LogP contribution in [0, 0.1) is 29.1 Å². The topological polar surface area (TPSA) is 78.5 Å². The quantitative estimate of drug-likeness (QED) is 0.649. The van der Waals surface area contributed by atoms with Gasteiger partial charge in [0, 0.05) is 5.54 Å². The third-order valence-corrected chi connectivity index (χ3v) is 9.85. The smallest absolute Gasteiger partial charge is 0.325 e. The zero-order chi connectivity index (χ0) is 22.0. The van der Waals surface area contributed by atoms with Crippen LogP contribution in [0.1, 0.15) is 91.4 Å². The van der Waals surface area contributed by atoms with E-state index < -0.39 is 5.54 Å². The molecule has 0 radical (unpaired) electrons. The van der Waals surface area contributed by atoms with Crippen molar-refractivity contribution in [2.24, 2.45) is 29.1 Å². The van der Waals surface area contributed by atoms with E-state index in [0.29, 0.717) is 18.8 Å². The van der Waals surface area contributed by atoms with E-state index in [2.05, 4.69) is 31.4 Å². The minimum atomic E-state index is -0.793. The Balaban J connectivity index is 1.21. The van der Waals surface area contributed by atoms with Gasteiger partial charge in [0.25, 0.3) is 5.91 Å². The molecule has 1 saturated heterocycles. The average Bonchev–Trinajstić information content (AvgIpc) is 2.91. The Morgan fingerprint density at radius 1 is 1.06 bits per heavy atom. The van der Waals surface area contributed by atoms with Gasteiger partial charge in [-0.3, -0.25) is 14.5 Å². The fourth-order valence-corrected chi connectivity index (χ4v) is 8.08. The molecule has 0 unspecified atom stereocenters. The Hall–Kier alpha value is -1.59. The van der Waals surface area contributed by atoms with E-state index in [4.69, 9.17) is 0 Å². The number of nitrogens with zero attached hydrogens (tertiary/aromatic N) is 1. The molecule has 6 rings (SSSR count). The van der Waals surface area contributed by atoms with Crippen LogP contribution in [0.3, 0.4) is 0 Å². The largest absolute Gasteiger partial charge is 0.349 e. The summed E-state index contributed by atoms with van der Waals surface area (Å²) in [4.78, 5) is 40.2. The minimum Gasteiger partial charge on any atom is -0.349 e. The molecule has 1 heterocycles. The molecule has 6 aliphatic rings. The van der Waals surface area contributed by atoms with Crippen LogP contribution >= 0.6 is 0 Å². The highest BCUT2D eigenvalue weighted by atomic mass is 16.2. The standard InChI is InChI=1S/C25H39N3O3/c1-4-23(2,3)19-5-7-25(8-6-19)21(30)28(22(31)27-25)15-20(29)26-24-12-16-9-17(13-24)11-18(10-16)14-24/h16-19H,4-15H2,1-3H3,(H,26,29)(H,27,31). The molecule has 0 atom stereocenters. The van der Waals surface area contributed by atoms with Crippen molar-refractivity contribution in [3.05, 3.63) is 0 Å². The van der Waals surface area contributed by atoms with E-state index >= 15 is 0 Å². The molecule has 0 aromatic heterocycles. The summed E-state index contributed by atoms with van der Waals surface area (Å²) in [7, 11) is 0. The highest BCUT2D eigenvalue weighted by Crippen LogP contribution is 2.55. The molecule has 6 fully saturated rings. The highest BCUT2D eigenvalue weighted by Gasteiger charge is 2.55. The Kier molecular flexibility index (Phi) is 4.95. The van der Waals surface area contributed by atoms with Crippen LogP contribution in [0.25, 0.3) is 0 Å². The zero-order valence-corrected chi connectivity index (χ0v) is 19.5. The van der Waals surface area contributed by atoms with E-state index in [1.165, 1.54) is 24.2 Å². The number of imide groups is 1. The van der Waals surface area contributed by atoms with Gasteiger partial charge < -0.3 is 10.6 Å². The summed E-state index contributed by atoms with van der Waals surface area (Å²) < 4.78 is 0. The molecule has 6 heteroatoms. The lowest BCUT2D eigenvalue weighted by molar-refractivity contribution is -0.138. The lowest BCUT2D eigenvalue weighted by atomic mass is 9.53. The maximum absolute atomic E-state index is 13.3. The van der Waals surface area contributed by atoms with Crippen molar-refractivity contribution in [3.8, 4) is 0 Å². The molecule has 4 bridgehead atoms. The number of carbonyl (C=O) groups is 3. The van der Waals surface area contributed by atoms with Crippen LogP contribution in [-0.2, 0) is 9.59 Å². The molecule has 172 valence electrons. The first-order chi connectivity index (χ1) is 14.6. The maximum atomic E-state index is 13.3. The lowest BCUT2D eigenvalue weighted by Gasteiger charge is -2.56. The molecule has 5 saturated carbocycles. The third kappa shape index (κ3) is 3.58. The Morgan fingerprint density at radius 3 is 2.13 bits per heavy atom. The van der Waals surface area contributed by atoms with Crippen molar-refractivity contribution in [2.45, 2.75) is 102 Å². The molecule has 4 amide bonds. The van der Waals surface area contributed by atoms with Crippen LogP contribution in [0.5, 0.6) is 0 Å². The number of urea groups is 1. The molecule has 2 N–H and O–H groups in total. The predicted molar refractivity (Wildman–Crippen MR) is 118 cm³/mol. The van der Waals surface area contributed by atoms with Gasteiger partial charge >= 0.3 is 6.03 Å². The van der Waals surface area contributed by atoms with Gasteiger partial charge in [-0.15, -0.1) is 0 Å². The van der Waals surface area contributed by atoms with Gasteiger partial charge in [0.1, 0.15) is 12.1 Å². The van der Waals surface area contributed by atoms with Crippen molar-refractivity contribution in [3.63, 3.8) is 0 Å². The summed E-state index contributed by atoms with van der Waals surface area (Å²) in [5.41, 5.74) is -0.629. The van der Waals surface area contributed by atoms with Gasteiger partial charge in [-0.05, 0) is 93.3 Å². The van der Waals surface area contributed by atoms with Gasteiger partial charge in [0.05, 0.1) is 0 Å². The first-order valence-corrected chi connectivity index (χ1v) is 12.6. The lowest BCUT2D eigenvalue weighted by Crippen LogP contribution is -2.61. The summed E-state index contributed by atoms with van der Waals surface area (Å²) in [6.45, 7) is 6.67. The van der Waals surface area contributed by atoms with Crippen LogP contribution < -0.4 is 10.6 Å². The van der Waals surface area contributed by atoms with E-state index in [0.717, 1.165) is 56.3 Å². The first-order valence-electron chi connectivity index (χ1n) is 12.6. The van der Waals surface area contributed by atoms with Crippen LogP contribution in [0.4, 0.5) is 4.79 Å². The van der Waals surface area contributed by atoms with E-state index in [1.54, 1.807) is 0 Å². The molecular weight excluding hydrogens is 390 g/mol. The molecule has 31 heavy (non-hydrogen) atoms. The second-order valence-corrected chi connectivity index (χ2v) is 12.3. The minimum absolute atomic E-state index is 0.0907. The first kappa shape index (κ1) is 21.3. The molecule has 6 nitrogen and oxygen atoms in total. The Morgan fingerprint density at radius 2 is 1.61 bits per heavy atom. The van der Waals surface area contributed by atoms with Crippen molar-refractivity contribution in [2.75, 3.05) is 6.54 Å². The van der Waals surface area contributed by atoms with Crippen molar-refractivity contribution in [1.29, 1.82) is 0 Å². The van der Waals surface area contributed by atoms with Crippen LogP contribution in [-0.4, -0.2) is 40.4 Å². The number of hydrogen-bond acceptors (Lipinski definition) is 3. The molecular formula is C25H39N3O3. The number of amides is 4. The summed E-state index contributed by atoms with van der Waals surface area (Å²) in [6.07, 6.45) is 11.5. The number of hydrogen-bond donors (Lipinski definition) is 2.